The van der Waals surface area contributed by atoms with E-state index in [1.54, 1.807) is 32.0 Å². The van der Waals surface area contributed by atoms with Gasteiger partial charge < -0.3 is 23.9 Å². The van der Waals surface area contributed by atoms with E-state index in [4.69, 9.17) is 18.9 Å². The Morgan fingerprint density at radius 2 is 1.50 bits per heavy atom. The minimum absolute atomic E-state index is 0.0850. The van der Waals surface area contributed by atoms with Crippen LogP contribution >= 0.6 is 0 Å². The molecule has 1 unspecified atom stereocenters. The van der Waals surface area contributed by atoms with Crippen LogP contribution in [0.15, 0.2) is 18.2 Å². The molecule has 2 aromatic rings. The molecule has 1 aromatic heterocycles. The smallest absolute Gasteiger partial charge is 0.346 e. The highest BCUT2D eigenvalue weighted by atomic mass is 16.6. The summed E-state index contributed by atoms with van der Waals surface area (Å²) in [6.07, 6.45) is -1.11. The van der Waals surface area contributed by atoms with E-state index in [2.05, 4.69) is 4.98 Å². The Bertz CT molecular complexity index is 891. The van der Waals surface area contributed by atoms with Crippen LogP contribution in [0.25, 0.3) is 0 Å². The number of hydrogen-bond acceptors (Lipinski definition) is 7. The van der Waals surface area contributed by atoms with E-state index in [1.165, 1.54) is 28.3 Å². The number of Topliss-reactive ketones (excluding diaryl/α,β-unsaturated/α-hetero) is 1. The summed E-state index contributed by atoms with van der Waals surface area (Å²) >= 11 is 0. The van der Waals surface area contributed by atoms with Crippen molar-refractivity contribution < 1.29 is 33.3 Å². The van der Waals surface area contributed by atoms with Crippen LogP contribution < -0.4 is 9.47 Å². The van der Waals surface area contributed by atoms with Crippen LogP contribution in [0.3, 0.4) is 0 Å². The van der Waals surface area contributed by atoms with Crippen molar-refractivity contribution in [1.29, 1.82) is 0 Å². The summed E-state index contributed by atoms with van der Waals surface area (Å²) in [4.78, 5) is 40.2. The van der Waals surface area contributed by atoms with Gasteiger partial charge in [-0.2, -0.15) is 0 Å². The van der Waals surface area contributed by atoms with Gasteiger partial charge in [0.25, 0.3) is 0 Å². The number of ketones is 1. The molecule has 0 radical (unpaired) electrons. The number of ether oxygens (including phenoxy) is 4. The van der Waals surface area contributed by atoms with Crippen molar-refractivity contribution in [2.24, 2.45) is 0 Å². The topological polar surface area (TPSA) is 104 Å². The lowest BCUT2D eigenvalue weighted by Crippen LogP contribution is -2.26. The number of H-pyrrole nitrogens is 1. The van der Waals surface area contributed by atoms with Crippen LogP contribution in [0.5, 0.6) is 11.5 Å². The normalized spacial score (nSPS) is 11.5. The van der Waals surface area contributed by atoms with Gasteiger partial charge in [0.05, 0.1) is 32.6 Å². The molecule has 1 heterocycles. The number of carbonyl (C=O) groups is 3. The molecule has 8 heteroatoms. The van der Waals surface area contributed by atoms with E-state index in [1.807, 2.05) is 0 Å². The van der Waals surface area contributed by atoms with Gasteiger partial charge in [0, 0.05) is 5.69 Å². The second-order valence-corrected chi connectivity index (χ2v) is 6.07. The molecule has 8 nitrogen and oxygen atoms in total. The van der Waals surface area contributed by atoms with Crippen LogP contribution in [-0.2, 0) is 9.47 Å². The number of esters is 2. The van der Waals surface area contributed by atoms with Crippen molar-refractivity contribution in [1.82, 2.24) is 4.98 Å². The summed E-state index contributed by atoms with van der Waals surface area (Å²) in [7, 11) is 4.10. The molecule has 0 aliphatic carbocycles. The number of aromatic amines is 1. The molecule has 0 spiro atoms. The average Bonchev–Trinajstić information content (AvgIpc) is 2.99. The van der Waals surface area contributed by atoms with Crippen LogP contribution in [0.4, 0.5) is 0 Å². The van der Waals surface area contributed by atoms with Gasteiger partial charge in [0.1, 0.15) is 17.1 Å². The van der Waals surface area contributed by atoms with Crippen molar-refractivity contribution in [2.45, 2.75) is 26.9 Å². The number of aromatic nitrogens is 1. The van der Waals surface area contributed by atoms with E-state index >= 15 is 0 Å². The Kier molecular flexibility index (Phi) is 6.45. The fourth-order valence-corrected chi connectivity index (χ4v) is 2.93. The fraction of sp³-hybridized carbons (Fsp3) is 0.350. The monoisotopic (exact) mass is 389 g/mol. The van der Waals surface area contributed by atoms with Gasteiger partial charge in [0.15, 0.2) is 6.10 Å². The number of hydrogen-bond donors (Lipinski definition) is 1. The number of benzene rings is 1. The van der Waals surface area contributed by atoms with E-state index in [9.17, 15) is 14.4 Å². The number of nitrogens with one attached hydrogen (secondary N) is 1. The first-order valence-corrected chi connectivity index (χ1v) is 8.50. The number of methoxy groups -OCH3 is 3. The predicted molar refractivity (Wildman–Crippen MR) is 100 cm³/mol. The van der Waals surface area contributed by atoms with Crippen LogP contribution in [-0.4, -0.2) is 50.1 Å². The van der Waals surface area contributed by atoms with Crippen LogP contribution in [0.2, 0.25) is 0 Å². The zero-order valence-corrected chi connectivity index (χ0v) is 16.7. The lowest BCUT2D eigenvalue weighted by atomic mass is 10.1. The van der Waals surface area contributed by atoms with Gasteiger partial charge >= 0.3 is 11.9 Å². The summed E-state index contributed by atoms with van der Waals surface area (Å²) in [5, 5.41) is 0. The third kappa shape index (κ3) is 3.85. The molecule has 0 saturated carbocycles. The Labute approximate surface area is 162 Å². The summed E-state index contributed by atoms with van der Waals surface area (Å²) < 4.78 is 20.5. The van der Waals surface area contributed by atoms with E-state index in [0.29, 0.717) is 11.3 Å². The summed E-state index contributed by atoms with van der Waals surface area (Å²) in [6.45, 7) is 4.74. The SMILES string of the molecule is COC(=O)c1c(C)[nH]c(C(=O)C(C)OC(=O)c2c(OC)cccc2OC)c1C. The molecule has 150 valence electrons. The minimum Gasteiger partial charge on any atom is -0.496 e. The van der Waals surface area contributed by atoms with Gasteiger partial charge in [-0.05, 0) is 38.5 Å². The highest BCUT2D eigenvalue weighted by molar-refractivity contribution is 6.05. The van der Waals surface area contributed by atoms with Gasteiger partial charge in [-0.15, -0.1) is 0 Å². The number of carbonyl (C=O) groups excluding carboxylic acids is 3. The quantitative estimate of drug-likeness (QED) is 0.573. The maximum Gasteiger partial charge on any atom is 0.346 e. The van der Waals surface area contributed by atoms with Crippen molar-refractivity contribution >= 4 is 17.7 Å². The molecule has 0 fully saturated rings. The maximum absolute atomic E-state index is 12.8. The molecule has 28 heavy (non-hydrogen) atoms. The van der Waals surface area contributed by atoms with Crippen molar-refractivity contribution in [3.8, 4) is 11.5 Å². The Balaban J connectivity index is 2.29. The van der Waals surface area contributed by atoms with E-state index in [-0.39, 0.29) is 28.3 Å². The average molecular weight is 389 g/mol. The van der Waals surface area contributed by atoms with Crippen LogP contribution in [0, 0.1) is 13.8 Å². The van der Waals surface area contributed by atoms with Gasteiger partial charge in [-0.1, -0.05) is 6.07 Å². The first kappa shape index (κ1) is 21.0. The molecule has 0 saturated heterocycles. The third-order valence-electron chi connectivity index (χ3n) is 4.36. The van der Waals surface area contributed by atoms with E-state index < -0.39 is 23.8 Å². The highest BCUT2D eigenvalue weighted by Gasteiger charge is 2.29. The maximum atomic E-state index is 12.8. The van der Waals surface area contributed by atoms with Crippen LogP contribution in [0.1, 0.15) is 49.4 Å². The van der Waals surface area contributed by atoms with Crippen molar-refractivity contribution in [3.05, 3.63) is 46.3 Å². The first-order valence-electron chi connectivity index (χ1n) is 8.50. The summed E-state index contributed by atoms with van der Waals surface area (Å²) in [5.74, 6) is -1.25. The molecule has 0 bridgehead atoms. The first-order chi connectivity index (χ1) is 13.3. The van der Waals surface area contributed by atoms with E-state index in [0.717, 1.165) is 0 Å². The molecular formula is C20H23NO7. The lowest BCUT2D eigenvalue weighted by molar-refractivity contribution is 0.0310. The van der Waals surface area contributed by atoms with Crippen molar-refractivity contribution in [2.75, 3.05) is 21.3 Å². The largest absolute Gasteiger partial charge is 0.496 e. The zero-order valence-electron chi connectivity index (χ0n) is 16.7. The second-order valence-electron chi connectivity index (χ2n) is 6.07. The number of aryl methyl sites for hydroxylation is 1. The lowest BCUT2D eigenvalue weighted by Gasteiger charge is -2.15. The zero-order chi connectivity index (χ0) is 21.0. The molecule has 0 aliphatic rings. The standard InChI is InChI=1S/C20H23NO7/c1-10-15(19(23)27-6)11(2)21-17(10)18(22)12(3)28-20(24)16-13(25-4)8-7-9-14(16)26-5/h7-9,12,21H,1-6H3. The minimum atomic E-state index is -1.11. The second kappa shape index (κ2) is 8.60. The molecule has 1 N–H and O–H groups in total. The third-order valence-corrected chi connectivity index (χ3v) is 4.36. The van der Waals surface area contributed by atoms with Gasteiger partial charge in [0.2, 0.25) is 5.78 Å². The Hall–Kier alpha value is -3.29. The molecule has 1 aromatic carbocycles. The van der Waals surface area contributed by atoms with Gasteiger partial charge in [-0.25, -0.2) is 9.59 Å². The summed E-state index contributed by atoms with van der Waals surface area (Å²) in [6, 6.07) is 4.85. The fourth-order valence-electron chi connectivity index (χ4n) is 2.93. The molecule has 1 atom stereocenters. The molecule has 2 rings (SSSR count). The molecule has 0 aliphatic heterocycles. The van der Waals surface area contributed by atoms with Gasteiger partial charge in [-0.3, -0.25) is 4.79 Å². The Morgan fingerprint density at radius 3 is 2.00 bits per heavy atom. The Morgan fingerprint density at radius 1 is 0.929 bits per heavy atom. The predicted octanol–water partition coefficient (Wildman–Crippen LogP) is 2.86. The molecular weight excluding hydrogens is 366 g/mol. The summed E-state index contributed by atoms with van der Waals surface area (Å²) in [5.41, 5.74) is 1.49. The highest BCUT2D eigenvalue weighted by Crippen LogP contribution is 2.29. The number of rotatable bonds is 7. The molecule has 0 amide bonds. The van der Waals surface area contributed by atoms with Crippen molar-refractivity contribution in [3.63, 3.8) is 0 Å².